The number of benzene rings is 3. The van der Waals surface area contributed by atoms with Crippen LogP contribution in [0.15, 0.2) is 83.7 Å². The van der Waals surface area contributed by atoms with E-state index in [2.05, 4.69) is 9.82 Å². The summed E-state index contributed by atoms with van der Waals surface area (Å²) < 4.78 is 24.1. The molecule has 0 aliphatic carbocycles. The van der Waals surface area contributed by atoms with Crippen LogP contribution in [0.1, 0.15) is 5.56 Å². The third kappa shape index (κ3) is 3.71. The molecule has 0 aliphatic heterocycles. The summed E-state index contributed by atoms with van der Waals surface area (Å²) in [6.07, 6.45) is 0. The van der Waals surface area contributed by atoms with Crippen molar-refractivity contribution in [2.75, 3.05) is 4.72 Å². The molecule has 7 heteroatoms. The highest BCUT2D eigenvalue weighted by Crippen LogP contribution is 2.27. The monoisotopic (exact) mass is 391 g/mol. The molecule has 0 radical (unpaired) electrons. The third-order valence-electron chi connectivity index (χ3n) is 4.38. The molecule has 28 heavy (non-hydrogen) atoms. The Morgan fingerprint density at radius 1 is 0.929 bits per heavy atom. The van der Waals surface area contributed by atoms with Crippen molar-refractivity contribution in [3.8, 4) is 11.3 Å². The fourth-order valence-corrected chi connectivity index (χ4v) is 3.47. The molecule has 0 fully saturated rings. The molecule has 0 bridgehead atoms. The second kappa shape index (κ2) is 7.75. The molecule has 0 saturated heterocycles. The van der Waals surface area contributed by atoms with Crippen LogP contribution < -0.4 is 10.3 Å². The smallest absolute Gasteiger partial charge is 0.274 e. The molecule has 0 aliphatic rings. The topological polar surface area (TPSA) is 84.2 Å². The van der Waals surface area contributed by atoms with E-state index in [9.17, 15) is 9.00 Å². The van der Waals surface area contributed by atoms with Gasteiger partial charge in [0.05, 0.1) is 17.6 Å². The average molecular weight is 391 g/mol. The molecule has 0 spiro atoms. The number of hydrogen-bond acceptors (Lipinski definition) is 3. The van der Waals surface area contributed by atoms with Crippen molar-refractivity contribution in [2.45, 2.75) is 6.54 Å². The van der Waals surface area contributed by atoms with Crippen molar-refractivity contribution in [3.63, 3.8) is 0 Å². The standard InChI is InChI=1S/C21H17N3O3S/c25-21-19-12-5-4-11-18(19)20(16-9-6-10-17(13-16)23-28(26)27)22-24(21)14-15-7-2-1-3-8-15/h1-13,23H,14H2,(H,26,27). The molecule has 0 amide bonds. The Bertz CT molecular complexity index is 1220. The second-order valence-electron chi connectivity index (χ2n) is 6.27. The van der Waals surface area contributed by atoms with Crippen molar-refractivity contribution in [1.29, 1.82) is 0 Å². The summed E-state index contributed by atoms with van der Waals surface area (Å²) in [5.41, 5.74) is 2.69. The van der Waals surface area contributed by atoms with E-state index in [4.69, 9.17) is 4.55 Å². The van der Waals surface area contributed by atoms with Gasteiger partial charge in [0, 0.05) is 16.6 Å². The minimum Gasteiger partial charge on any atom is -0.289 e. The number of anilines is 1. The molecular weight excluding hydrogens is 374 g/mol. The van der Waals surface area contributed by atoms with Crippen LogP contribution in [0.5, 0.6) is 0 Å². The first-order chi connectivity index (χ1) is 13.6. The molecule has 3 aromatic carbocycles. The van der Waals surface area contributed by atoms with Crippen molar-refractivity contribution in [2.24, 2.45) is 0 Å². The van der Waals surface area contributed by atoms with Gasteiger partial charge in [0.25, 0.3) is 16.8 Å². The molecule has 4 aromatic rings. The van der Waals surface area contributed by atoms with Crippen molar-refractivity contribution < 1.29 is 8.76 Å². The lowest BCUT2D eigenvalue weighted by molar-refractivity contribution is 0.570. The zero-order valence-electron chi connectivity index (χ0n) is 14.8. The van der Waals surface area contributed by atoms with Crippen molar-refractivity contribution >= 4 is 27.7 Å². The van der Waals surface area contributed by atoms with Gasteiger partial charge in [-0.3, -0.25) is 14.1 Å². The lowest BCUT2D eigenvalue weighted by atomic mass is 10.0. The van der Waals surface area contributed by atoms with Gasteiger partial charge in [-0.2, -0.15) is 5.10 Å². The van der Waals surface area contributed by atoms with Crippen LogP contribution in [0.3, 0.4) is 0 Å². The van der Waals surface area contributed by atoms with Crippen molar-refractivity contribution in [3.05, 3.63) is 94.8 Å². The van der Waals surface area contributed by atoms with Gasteiger partial charge in [-0.25, -0.2) is 8.89 Å². The molecule has 1 heterocycles. The van der Waals surface area contributed by atoms with Crippen molar-refractivity contribution in [1.82, 2.24) is 9.78 Å². The molecule has 0 saturated carbocycles. The Morgan fingerprint density at radius 3 is 2.39 bits per heavy atom. The number of rotatable bonds is 5. The summed E-state index contributed by atoms with van der Waals surface area (Å²) in [7, 11) is 0. The average Bonchev–Trinajstić information content (AvgIpc) is 2.71. The quantitative estimate of drug-likeness (QED) is 0.509. The van der Waals surface area contributed by atoms with Crippen LogP contribution in [-0.2, 0) is 17.8 Å². The zero-order valence-corrected chi connectivity index (χ0v) is 15.6. The van der Waals surface area contributed by atoms with Crippen LogP contribution in [-0.4, -0.2) is 18.5 Å². The summed E-state index contributed by atoms with van der Waals surface area (Å²) in [4.78, 5) is 12.9. The number of hydrogen-bond donors (Lipinski definition) is 2. The summed E-state index contributed by atoms with van der Waals surface area (Å²) >= 11 is -2.17. The number of nitrogens with zero attached hydrogens (tertiary/aromatic N) is 2. The highest BCUT2D eigenvalue weighted by atomic mass is 32.2. The zero-order chi connectivity index (χ0) is 19.5. The molecular formula is C21H17N3O3S. The lowest BCUT2D eigenvalue weighted by Gasteiger charge is -2.12. The molecule has 4 rings (SSSR count). The number of nitrogens with one attached hydrogen (secondary N) is 1. The number of fused-ring (bicyclic) bond motifs is 1. The van der Waals surface area contributed by atoms with Gasteiger partial charge in [0.1, 0.15) is 0 Å². The normalized spacial score (nSPS) is 12.0. The Kier molecular flexibility index (Phi) is 5.01. The van der Waals surface area contributed by atoms with E-state index in [0.29, 0.717) is 23.3 Å². The van der Waals surface area contributed by atoms with Gasteiger partial charge in [-0.05, 0) is 23.8 Å². The van der Waals surface area contributed by atoms with E-state index < -0.39 is 11.3 Å². The Balaban J connectivity index is 1.89. The first-order valence-corrected chi connectivity index (χ1v) is 9.74. The summed E-state index contributed by atoms with van der Waals surface area (Å²) in [6.45, 7) is 0.357. The first kappa shape index (κ1) is 18.1. The second-order valence-corrected chi connectivity index (χ2v) is 6.98. The molecule has 1 aromatic heterocycles. The van der Waals surface area contributed by atoms with E-state index in [0.717, 1.165) is 16.5 Å². The highest BCUT2D eigenvalue weighted by molar-refractivity contribution is 7.80. The minimum absolute atomic E-state index is 0.158. The maximum atomic E-state index is 12.9. The van der Waals surface area contributed by atoms with Gasteiger partial charge in [0.2, 0.25) is 0 Å². The van der Waals surface area contributed by atoms with Gasteiger partial charge >= 0.3 is 0 Å². The maximum Gasteiger partial charge on any atom is 0.274 e. The van der Waals surface area contributed by atoms with Gasteiger partial charge < -0.3 is 0 Å². The molecule has 2 N–H and O–H groups in total. The summed E-state index contributed by atoms with van der Waals surface area (Å²) in [5.74, 6) is 0. The summed E-state index contributed by atoms with van der Waals surface area (Å²) in [5, 5.41) is 5.94. The van der Waals surface area contributed by atoms with E-state index in [1.165, 1.54) is 4.68 Å². The largest absolute Gasteiger partial charge is 0.289 e. The molecule has 140 valence electrons. The minimum atomic E-state index is -2.17. The van der Waals surface area contributed by atoms with Crippen LogP contribution in [0.4, 0.5) is 5.69 Å². The van der Waals surface area contributed by atoms with E-state index in [1.54, 1.807) is 24.3 Å². The predicted molar refractivity (Wildman–Crippen MR) is 111 cm³/mol. The predicted octanol–water partition coefficient (Wildman–Crippen LogP) is 3.66. The van der Waals surface area contributed by atoms with Gasteiger partial charge in [-0.1, -0.05) is 60.7 Å². The fourth-order valence-electron chi connectivity index (χ4n) is 3.14. The Morgan fingerprint density at radius 2 is 1.64 bits per heavy atom. The fraction of sp³-hybridized carbons (Fsp3) is 0.0476. The maximum absolute atomic E-state index is 12.9. The van der Waals surface area contributed by atoms with Gasteiger partial charge in [-0.15, -0.1) is 0 Å². The van der Waals surface area contributed by atoms with Crippen LogP contribution in [0, 0.1) is 0 Å². The molecule has 1 atom stereocenters. The molecule has 6 nitrogen and oxygen atoms in total. The highest BCUT2D eigenvalue weighted by Gasteiger charge is 2.13. The van der Waals surface area contributed by atoms with Gasteiger partial charge in [0.15, 0.2) is 0 Å². The van der Waals surface area contributed by atoms with Crippen LogP contribution >= 0.6 is 0 Å². The number of aromatic nitrogens is 2. The Hall–Kier alpha value is -3.29. The van der Waals surface area contributed by atoms with Crippen LogP contribution in [0.2, 0.25) is 0 Å². The first-order valence-electron chi connectivity index (χ1n) is 8.63. The third-order valence-corrected chi connectivity index (χ3v) is 4.79. The van der Waals surface area contributed by atoms with Crippen LogP contribution in [0.25, 0.3) is 22.0 Å². The Labute approximate surface area is 163 Å². The van der Waals surface area contributed by atoms with E-state index in [-0.39, 0.29) is 5.56 Å². The SMILES string of the molecule is O=c1c2ccccc2c(-c2cccc(NS(=O)O)c2)nn1Cc1ccccc1. The van der Waals surface area contributed by atoms with E-state index >= 15 is 0 Å². The lowest BCUT2D eigenvalue weighted by Crippen LogP contribution is -2.24. The van der Waals surface area contributed by atoms with E-state index in [1.807, 2.05) is 54.6 Å². The summed E-state index contributed by atoms with van der Waals surface area (Å²) in [6, 6.07) is 24.1. The molecule has 1 unspecified atom stereocenters.